The lowest BCUT2D eigenvalue weighted by molar-refractivity contribution is -0.123. The van der Waals surface area contributed by atoms with E-state index in [1.165, 1.54) is 6.21 Å². The molecule has 144 valence electrons. The van der Waals surface area contributed by atoms with Crippen molar-refractivity contribution in [3.63, 3.8) is 0 Å². The van der Waals surface area contributed by atoms with Gasteiger partial charge in [0.25, 0.3) is 5.91 Å². The van der Waals surface area contributed by atoms with Crippen molar-refractivity contribution in [3.05, 3.63) is 54.1 Å². The number of rotatable bonds is 9. The highest BCUT2D eigenvalue weighted by molar-refractivity contribution is 5.94. The molecule has 0 aliphatic heterocycles. The molecule has 0 fully saturated rings. The molecule has 6 nitrogen and oxygen atoms in total. The number of methoxy groups -OCH3 is 1. The second kappa shape index (κ2) is 10.2. The lowest BCUT2D eigenvalue weighted by Gasteiger charge is -2.26. The van der Waals surface area contributed by atoms with E-state index in [2.05, 4.69) is 5.16 Å². The lowest BCUT2D eigenvalue weighted by atomic mass is 10.2. The average Bonchev–Trinajstić information content (AvgIpc) is 2.67. The second-order valence-electron chi connectivity index (χ2n) is 6.04. The van der Waals surface area contributed by atoms with E-state index in [1.54, 1.807) is 18.1 Å². The molecule has 27 heavy (non-hydrogen) atoms. The molecule has 0 unspecified atom stereocenters. The molecule has 0 aliphatic carbocycles. The summed E-state index contributed by atoms with van der Waals surface area (Å²) in [6, 6.07) is 15.0. The Morgan fingerprint density at radius 2 is 1.89 bits per heavy atom. The predicted octanol–water partition coefficient (Wildman–Crippen LogP) is 3.89. The van der Waals surface area contributed by atoms with Crippen LogP contribution in [-0.2, 0) is 9.63 Å². The number of para-hydroxylation sites is 1. The highest BCUT2D eigenvalue weighted by atomic mass is 16.6. The Balaban J connectivity index is 1.97. The van der Waals surface area contributed by atoms with E-state index in [-0.39, 0.29) is 18.6 Å². The summed E-state index contributed by atoms with van der Waals surface area (Å²) < 4.78 is 10.8. The largest absolute Gasteiger partial charge is 0.493 e. The van der Waals surface area contributed by atoms with Gasteiger partial charge in [0.2, 0.25) is 0 Å². The third kappa shape index (κ3) is 5.74. The molecule has 0 heterocycles. The highest BCUT2D eigenvalue weighted by Crippen LogP contribution is 2.27. The normalized spacial score (nSPS) is 10.9. The molecule has 2 rings (SSSR count). The van der Waals surface area contributed by atoms with Crippen molar-refractivity contribution in [2.75, 3.05) is 25.2 Å². The van der Waals surface area contributed by atoms with Crippen LogP contribution < -0.4 is 14.4 Å². The van der Waals surface area contributed by atoms with Crippen LogP contribution in [-0.4, -0.2) is 38.5 Å². The third-order valence-electron chi connectivity index (χ3n) is 3.77. The molecule has 1 amide bonds. The summed E-state index contributed by atoms with van der Waals surface area (Å²) in [5, 5.41) is 3.90. The molecule has 0 saturated carbocycles. The molecular weight excluding hydrogens is 344 g/mol. The molecule has 0 aliphatic rings. The molecule has 0 bridgehead atoms. The first kappa shape index (κ1) is 20.3. The van der Waals surface area contributed by atoms with E-state index < -0.39 is 0 Å². The predicted molar refractivity (Wildman–Crippen MR) is 107 cm³/mol. The van der Waals surface area contributed by atoms with E-state index in [0.29, 0.717) is 18.1 Å². The molecular formula is C21H26N2O4. The van der Waals surface area contributed by atoms with Crippen LogP contribution in [0, 0.1) is 0 Å². The van der Waals surface area contributed by atoms with E-state index in [4.69, 9.17) is 14.3 Å². The Labute approximate surface area is 160 Å². The number of hydrogen-bond donors (Lipinski definition) is 0. The van der Waals surface area contributed by atoms with Crippen molar-refractivity contribution in [1.29, 1.82) is 0 Å². The minimum Gasteiger partial charge on any atom is -0.493 e. The second-order valence-corrected chi connectivity index (χ2v) is 6.04. The van der Waals surface area contributed by atoms with Gasteiger partial charge in [-0.2, -0.15) is 0 Å². The first-order valence-corrected chi connectivity index (χ1v) is 8.90. The van der Waals surface area contributed by atoms with Gasteiger partial charge in [-0.05, 0) is 51.1 Å². The van der Waals surface area contributed by atoms with Crippen molar-refractivity contribution < 1.29 is 19.1 Å². The molecule has 0 atom stereocenters. The third-order valence-corrected chi connectivity index (χ3v) is 3.77. The van der Waals surface area contributed by atoms with Crippen molar-refractivity contribution in [3.8, 4) is 11.5 Å². The van der Waals surface area contributed by atoms with Crippen LogP contribution in [0.4, 0.5) is 5.69 Å². The van der Waals surface area contributed by atoms with Crippen molar-refractivity contribution in [1.82, 2.24) is 0 Å². The maximum atomic E-state index is 12.5. The fraction of sp³-hybridized carbons (Fsp3) is 0.333. The number of ether oxygens (including phenoxy) is 2. The van der Waals surface area contributed by atoms with Gasteiger partial charge < -0.3 is 19.2 Å². The van der Waals surface area contributed by atoms with Gasteiger partial charge in [-0.3, -0.25) is 4.79 Å². The van der Waals surface area contributed by atoms with E-state index in [1.807, 2.05) is 63.2 Å². The zero-order valence-electron chi connectivity index (χ0n) is 16.2. The molecule has 6 heteroatoms. The van der Waals surface area contributed by atoms with Crippen molar-refractivity contribution in [2.45, 2.75) is 26.8 Å². The zero-order valence-corrected chi connectivity index (χ0v) is 16.2. The summed E-state index contributed by atoms with van der Waals surface area (Å²) >= 11 is 0. The summed E-state index contributed by atoms with van der Waals surface area (Å²) in [4.78, 5) is 19.4. The highest BCUT2D eigenvalue weighted by Gasteiger charge is 2.19. The SMILES string of the molecule is CCOc1ccc(/C=N/OCC(=O)N(c2ccccc2)C(C)C)cc1OC. The maximum absolute atomic E-state index is 12.5. The molecule has 2 aromatic rings. The fourth-order valence-electron chi connectivity index (χ4n) is 2.62. The van der Waals surface area contributed by atoms with E-state index in [0.717, 1.165) is 11.3 Å². The van der Waals surface area contributed by atoms with Gasteiger partial charge in [-0.25, -0.2) is 0 Å². The molecule has 0 aromatic heterocycles. The number of anilines is 1. The first-order valence-electron chi connectivity index (χ1n) is 8.90. The average molecular weight is 370 g/mol. The van der Waals surface area contributed by atoms with Crippen LogP contribution in [0.25, 0.3) is 0 Å². The Morgan fingerprint density at radius 3 is 2.52 bits per heavy atom. The standard InChI is InChI=1S/C21H26N2O4/c1-5-26-19-12-11-17(13-20(19)25-4)14-22-27-15-21(24)23(16(2)3)18-9-7-6-8-10-18/h6-14,16H,5,15H2,1-4H3/b22-14+. The summed E-state index contributed by atoms with van der Waals surface area (Å²) in [5.74, 6) is 1.13. The number of amides is 1. The number of nitrogens with zero attached hydrogens (tertiary/aromatic N) is 2. The van der Waals surface area contributed by atoms with Gasteiger partial charge in [0, 0.05) is 17.3 Å². The topological polar surface area (TPSA) is 60.4 Å². The Morgan fingerprint density at radius 1 is 1.15 bits per heavy atom. The van der Waals surface area contributed by atoms with Crippen LogP contribution in [0.5, 0.6) is 11.5 Å². The van der Waals surface area contributed by atoms with Gasteiger partial charge >= 0.3 is 0 Å². The fourth-order valence-corrected chi connectivity index (χ4v) is 2.62. The molecule has 0 spiro atoms. The van der Waals surface area contributed by atoms with Gasteiger partial charge in [-0.15, -0.1) is 0 Å². The lowest BCUT2D eigenvalue weighted by Crippen LogP contribution is -2.39. The van der Waals surface area contributed by atoms with Gasteiger partial charge in [-0.1, -0.05) is 23.4 Å². The Bertz CT molecular complexity index is 760. The van der Waals surface area contributed by atoms with Gasteiger partial charge in [0.15, 0.2) is 18.1 Å². The van der Waals surface area contributed by atoms with Crippen LogP contribution in [0.2, 0.25) is 0 Å². The smallest absolute Gasteiger partial charge is 0.267 e. The number of hydrogen-bond acceptors (Lipinski definition) is 5. The molecule has 0 saturated heterocycles. The molecule has 2 aromatic carbocycles. The molecule has 0 radical (unpaired) electrons. The van der Waals surface area contributed by atoms with Gasteiger partial charge in [0.1, 0.15) is 0 Å². The van der Waals surface area contributed by atoms with Crippen LogP contribution in [0.3, 0.4) is 0 Å². The van der Waals surface area contributed by atoms with E-state index in [9.17, 15) is 4.79 Å². The maximum Gasteiger partial charge on any atom is 0.267 e. The first-order chi connectivity index (χ1) is 13.1. The minimum absolute atomic E-state index is 0.0165. The van der Waals surface area contributed by atoms with E-state index >= 15 is 0 Å². The quantitative estimate of drug-likeness (QED) is 0.496. The van der Waals surface area contributed by atoms with Crippen molar-refractivity contribution >= 4 is 17.8 Å². The molecule has 0 N–H and O–H groups in total. The Hall–Kier alpha value is -3.02. The number of carbonyl (C=O) groups excluding carboxylic acids is 1. The summed E-state index contributed by atoms with van der Waals surface area (Å²) in [5.41, 5.74) is 1.62. The minimum atomic E-state index is -0.155. The zero-order chi connectivity index (χ0) is 19.6. The number of oxime groups is 1. The summed E-state index contributed by atoms with van der Waals surface area (Å²) in [7, 11) is 1.58. The number of carbonyl (C=O) groups is 1. The summed E-state index contributed by atoms with van der Waals surface area (Å²) in [6.45, 7) is 6.25. The van der Waals surface area contributed by atoms with Gasteiger partial charge in [0.05, 0.1) is 19.9 Å². The number of benzene rings is 2. The van der Waals surface area contributed by atoms with Crippen molar-refractivity contribution in [2.24, 2.45) is 5.16 Å². The Kier molecular flexibility index (Phi) is 7.67. The van der Waals surface area contributed by atoms with Crippen LogP contribution >= 0.6 is 0 Å². The summed E-state index contributed by atoms with van der Waals surface area (Å²) in [6.07, 6.45) is 1.54. The van der Waals surface area contributed by atoms with Crippen LogP contribution in [0.1, 0.15) is 26.3 Å². The van der Waals surface area contributed by atoms with Crippen LogP contribution in [0.15, 0.2) is 53.7 Å². The monoisotopic (exact) mass is 370 g/mol.